The van der Waals surface area contributed by atoms with E-state index in [0.717, 1.165) is 24.2 Å². The second-order valence-electron chi connectivity index (χ2n) is 4.03. The van der Waals surface area contributed by atoms with Gasteiger partial charge in [-0.15, -0.1) is 0 Å². The summed E-state index contributed by atoms with van der Waals surface area (Å²) < 4.78 is 1.70. The first-order valence-electron chi connectivity index (χ1n) is 5.55. The SMILES string of the molecule is CCc1ccc(Cc2cnn(C)c2N)cc1. The Labute approximate surface area is 95.9 Å². The lowest BCUT2D eigenvalue weighted by atomic mass is 10.0. The fraction of sp³-hybridized carbons (Fsp3) is 0.308. The van der Waals surface area contributed by atoms with Crippen molar-refractivity contribution in [3.8, 4) is 0 Å². The van der Waals surface area contributed by atoms with Crippen LogP contribution in [0.2, 0.25) is 0 Å². The Morgan fingerprint density at radius 3 is 2.31 bits per heavy atom. The molecule has 0 unspecified atom stereocenters. The summed E-state index contributed by atoms with van der Waals surface area (Å²) in [5, 5.41) is 4.14. The van der Waals surface area contributed by atoms with Gasteiger partial charge >= 0.3 is 0 Å². The lowest BCUT2D eigenvalue weighted by Crippen LogP contribution is -2.00. The summed E-state index contributed by atoms with van der Waals surface area (Å²) in [5.74, 6) is 0.750. The number of nitrogens with zero attached hydrogens (tertiary/aromatic N) is 2. The molecular formula is C13H17N3. The van der Waals surface area contributed by atoms with E-state index >= 15 is 0 Å². The molecule has 0 amide bonds. The quantitative estimate of drug-likeness (QED) is 0.852. The molecule has 2 aromatic rings. The van der Waals surface area contributed by atoms with Crippen molar-refractivity contribution < 1.29 is 0 Å². The van der Waals surface area contributed by atoms with Crippen LogP contribution < -0.4 is 5.73 Å². The van der Waals surface area contributed by atoms with Gasteiger partial charge in [0.05, 0.1) is 6.20 Å². The molecule has 0 bridgehead atoms. The van der Waals surface area contributed by atoms with E-state index in [4.69, 9.17) is 5.73 Å². The topological polar surface area (TPSA) is 43.8 Å². The molecule has 0 saturated heterocycles. The summed E-state index contributed by atoms with van der Waals surface area (Å²) >= 11 is 0. The van der Waals surface area contributed by atoms with Crippen LogP contribution in [0.5, 0.6) is 0 Å². The van der Waals surface area contributed by atoms with Crippen molar-refractivity contribution in [3.05, 3.63) is 47.2 Å². The van der Waals surface area contributed by atoms with Gasteiger partial charge in [-0.05, 0) is 17.5 Å². The van der Waals surface area contributed by atoms with Crippen LogP contribution in [0.25, 0.3) is 0 Å². The van der Waals surface area contributed by atoms with Crippen molar-refractivity contribution in [2.45, 2.75) is 19.8 Å². The highest BCUT2D eigenvalue weighted by Crippen LogP contribution is 2.15. The first-order chi connectivity index (χ1) is 7.70. The molecule has 16 heavy (non-hydrogen) atoms. The van der Waals surface area contributed by atoms with Crippen molar-refractivity contribution in [1.82, 2.24) is 9.78 Å². The van der Waals surface area contributed by atoms with Crippen LogP contribution in [0.3, 0.4) is 0 Å². The third-order valence-corrected chi connectivity index (χ3v) is 2.89. The number of aromatic nitrogens is 2. The molecule has 84 valence electrons. The average molecular weight is 215 g/mol. The highest BCUT2D eigenvalue weighted by Gasteiger charge is 2.05. The zero-order valence-corrected chi connectivity index (χ0v) is 9.77. The second-order valence-corrected chi connectivity index (χ2v) is 4.03. The Balaban J connectivity index is 2.17. The summed E-state index contributed by atoms with van der Waals surface area (Å²) in [4.78, 5) is 0. The standard InChI is InChI=1S/C13H17N3/c1-3-10-4-6-11(7-5-10)8-12-9-15-16(2)13(12)14/h4-7,9H,3,8,14H2,1-2H3. The molecule has 2 N–H and O–H groups in total. The first-order valence-corrected chi connectivity index (χ1v) is 5.55. The number of anilines is 1. The summed E-state index contributed by atoms with van der Waals surface area (Å²) in [7, 11) is 1.86. The maximum atomic E-state index is 5.91. The fourth-order valence-electron chi connectivity index (χ4n) is 1.74. The Morgan fingerprint density at radius 1 is 1.19 bits per heavy atom. The van der Waals surface area contributed by atoms with Gasteiger partial charge in [0, 0.05) is 19.0 Å². The van der Waals surface area contributed by atoms with Crippen LogP contribution in [0.15, 0.2) is 30.5 Å². The van der Waals surface area contributed by atoms with E-state index in [0.29, 0.717) is 0 Å². The van der Waals surface area contributed by atoms with Gasteiger partial charge in [-0.2, -0.15) is 5.10 Å². The van der Waals surface area contributed by atoms with E-state index in [1.807, 2.05) is 13.2 Å². The van der Waals surface area contributed by atoms with Crippen LogP contribution in [-0.2, 0) is 19.9 Å². The maximum Gasteiger partial charge on any atom is 0.124 e. The van der Waals surface area contributed by atoms with Gasteiger partial charge in [0.15, 0.2) is 0 Å². The van der Waals surface area contributed by atoms with Gasteiger partial charge in [-0.1, -0.05) is 31.2 Å². The Morgan fingerprint density at radius 2 is 1.81 bits per heavy atom. The van der Waals surface area contributed by atoms with E-state index < -0.39 is 0 Å². The summed E-state index contributed by atoms with van der Waals surface area (Å²) in [6, 6.07) is 8.65. The summed E-state index contributed by atoms with van der Waals surface area (Å²) in [6.45, 7) is 2.16. The molecule has 3 nitrogen and oxygen atoms in total. The molecule has 0 aliphatic carbocycles. The third-order valence-electron chi connectivity index (χ3n) is 2.89. The maximum absolute atomic E-state index is 5.91. The first kappa shape index (κ1) is 10.7. The lowest BCUT2D eigenvalue weighted by Gasteiger charge is -2.02. The van der Waals surface area contributed by atoms with Crippen molar-refractivity contribution in [1.29, 1.82) is 0 Å². The average Bonchev–Trinajstić information content (AvgIpc) is 2.62. The highest BCUT2D eigenvalue weighted by atomic mass is 15.3. The van der Waals surface area contributed by atoms with Crippen LogP contribution >= 0.6 is 0 Å². The summed E-state index contributed by atoms with van der Waals surface area (Å²) in [5.41, 5.74) is 9.64. The van der Waals surface area contributed by atoms with Gasteiger partial charge in [0.25, 0.3) is 0 Å². The molecule has 0 atom stereocenters. The minimum atomic E-state index is 0.750. The highest BCUT2D eigenvalue weighted by molar-refractivity contribution is 5.42. The normalized spacial score (nSPS) is 10.6. The number of hydrogen-bond donors (Lipinski definition) is 1. The minimum absolute atomic E-state index is 0.750. The molecule has 0 radical (unpaired) electrons. The van der Waals surface area contributed by atoms with Crippen molar-refractivity contribution in [3.63, 3.8) is 0 Å². The molecule has 1 aromatic carbocycles. The molecule has 1 aromatic heterocycles. The minimum Gasteiger partial charge on any atom is -0.384 e. The smallest absolute Gasteiger partial charge is 0.124 e. The van der Waals surface area contributed by atoms with Crippen LogP contribution in [-0.4, -0.2) is 9.78 Å². The molecule has 2 rings (SSSR count). The zero-order valence-electron chi connectivity index (χ0n) is 9.77. The number of aryl methyl sites for hydroxylation is 2. The Hall–Kier alpha value is -1.77. The number of nitrogen functional groups attached to an aromatic ring is 1. The number of rotatable bonds is 3. The fourth-order valence-corrected chi connectivity index (χ4v) is 1.74. The number of benzene rings is 1. The van der Waals surface area contributed by atoms with Gasteiger partial charge in [0.1, 0.15) is 5.82 Å². The van der Waals surface area contributed by atoms with Crippen LogP contribution in [0.1, 0.15) is 23.6 Å². The molecule has 0 aliphatic heterocycles. The number of nitrogens with two attached hydrogens (primary N) is 1. The second kappa shape index (κ2) is 4.39. The van der Waals surface area contributed by atoms with Crippen LogP contribution in [0, 0.1) is 0 Å². The summed E-state index contributed by atoms with van der Waals surface area (Å²) in [6.07, 6.45) is 3.77. The molecule has 0 saturated carbocycles. The molecule has 3 heteroatoms. The molecular weight excluding hydrogens is 198 g/mol. The predicted octanol–water partition coefficient (Wildman–Crippen LogP) is 2.16. The number of hydrogen-bond acceptors (Lipinski definition) is 2. The van der Waals surface area contributed by atoms with E-state index in [-0.39, 0.29) is 0 Å². The van der Waals surface area contributed by atoms with Gasteiger partial charge in [0.2, 0.25) is 0 Å². The lowest BCUT2D eigenvalue weighted by molar-refractivity contribution is 0.778. The van der Waals surface area contributed by atoms with E-state index in [1.165, 1.54) is 11.1 Å². The van der Waals surface area contributed by atoms with E-state index in [2.05, 4.69) is 36.3 Å². The largest absolute Gasteiger partial charge is 0.384 e. The van der Waals surface area contributed by atoms with Crippen LogP contribution in [0.4, 0.5) is 5.82 Å². The van der Waals surface area contributed by atoms with Gasteiger partial charge in [-0.3, -0.25) is 4.68 Å². The zero-order chi connectivity index (χ0) is 11.5. The van der Waals surface area contributed by atoms with Crippen molar-refractivity contribution in [2.24, 2.45) is 7.05 Å². The predicted molar refractivity (Wildman–Crippen MR) is 66.2 cm³/mol. The van der Waals surface area contributed by atoms with Gasteiger partial charge < -0.3 is 5.73 Å². The van der Waals surface area contributed by atoms with E-state index in [1.54, 1.807) is 4.68 Å². The molecule has 1 heterocycles. The third kappa shape index (κ3) is 2.08. The van der Waals surface area contributed by atoms with E-state index in [9.17, 15) is 0 Å². The Bertz CT molecular complexity index is 468. The molecule has 0 fully saturated rings. The Kier molecular flexibility index (Phi) is 2.95. The molecule has 0 aliphatic rings. The monoisotopic (exact) mass is 215 g/mol. The van der Waals surface area contributed by atoms with Crippen molar-refractivity contribution in [2.75, 3.05) is 5.73 Å². The van der Waals surface area contributed by atoms with Crippen molar-refractivity contribution >= 4 is 5.82 Å². The molecule has 0 spiro atoms. The van der Waals surface area contributed by atoms with Gasteiger partial charge in [-0.25, -0.2) is 0 Å².